The summed E-state index contributed by atoms with van der Waals surface area (Å²) in [6, 6.07) is 8.10. The molecule has 0 saturated carbocycles. The molecule has 1 aliphatic rings. The van der Waals surface area contributed by atoms with E-state index in [1.165, 1.54) is 24.8 Å². The maximum Gasteiger partial charge on any atom is 0.0438 e. The van der Waals surface area contributed by atoms with Crippen LogP contribution in [-0.2, 0) is 6.42 Å². The van der Waals surface area contributed by atoms with Gasteiger partial charge in [0.2, 0.25) is 0 Å². The fourth-order valence-electron chi connectivity index (χ4n) is 2.23. The van der Waals surface area contributed by atoms with E-state index < -0.39 is 0 Å². The largest absolute Gasteiger partial charge is 0.324 e. The molecule has 1 unspecified atom stereocenters. The lowest BCUT2D eigenvalue weighted by atomic mass is 9.91. The van der Waals surface area contributed by atoms with Crippen LogP contribution in [-0.4, -0.2) is 6.04 Å². The van der Waals surface area contributed by atoms with Crippen molar-refractivity contribution in [3.05, 3.63) is 46.5 Å². The fraction of sp³-hybridized carbons (Fsp3) is 0.429. The van der Waals surface area contributed by atoms with Gasteiger partial charge in [0.25, 0.3) is 0 Å². The minimum atomic E-state index is 0.139. The van der Waals surface area contributed by atoms with Crippen molar-refractivity contribution in [2.45, 2.75) is 38.1 Å². The first-order valence-electron chi connectivity index (χ1n) is 5.95. The highest BCUT2D eigenvalue weighted by Gasteiger charge is 2.13. The van der Waals surface area contributed by atoms with Crippen molar-refractivity contribution in [1.82, 2.24) is 0 Å². The molecule has 0 bridgehead atoms. The summed E-state index contributed by atoms with van der Waals surface area (Å²) in [5.41, 5.74) is 8.79. The zero-order valence-electron chi connectivity index (χ0n) is 9.45. The predicted octanol–water partition coefficient (Wildman–Crippen LogP) is 3.71. The summed E-state index contributed by atoms with van der Waals surface area (Å²) in [4.78, 5) is 0. The Bertz CT molecular complexity index is 384. The highest BCUT2D eigenvalue weighted by molar-refractivity contribution is 6.31. The van der Waals surface area contributed by atoms with Crippen molar-refractivity contribution in [1.29, 1.82) is 0 Å². The Kier molecular flexibility index (Phi) is 4.03. The summed E-state index contributed by atoms with van der Waals surface area (Å²) in [5, 5.41) is 0.828. The summed E-state index contributed by atoms with van der Waals surface area (Å²) in [6.07, 6.45) is 8.10. The number of halogens is 1. The molecule has 1 nitrogen and oxygen atoms in total. The lowest BCUT2D eigenvalue weighted by Gasteiger charge is -2.20. The third kappa shape index (κ3) is 2.87. The monoisotopic (exact) mass is 235 g/mol. The third-order valence-corrected chi connectivity index (χ3v) is 3.57. The third-order valence-electron chi connectivity index (χ3n) is 3.20. The average molecular weight is 236 g/mol. The van der Waals surface area contributed by atoms with E-state index in [-0.39, 0.29) is 6.04 Å². The summed E-state index contributed by atoms with van der Waals surface area (Å²) < 4.78 is 0. The molecule has 1 atom stereocenters. The van der Waals surface area contributed by atoms with Crippen LogP contribution in [0, 0.1) is 0 Å². The maximum atomic E-state index is 6.22. The summed E-state index contributed by atoms with van der Waals surface area (Å²) in [7, 11) is 0. The molecule has 86 valence electrons. The van der Waals surface area contributed by atoms with Crippen LogP contribution in [0.1, 0.15) is 31.2 Å². The van der Waals surface area contributed by atoms with Crippen LogP contribution in [0.15, 0.2) is 35.9 Å². The van der Waals surface area contributed by atoms with Gasteiger partial charge in [0.15, 0.2) is 0 Å². The molecule has 0 amide bonds. The van der Waals surface area contributed by atoms with E-state index in [1.54, 1.807) is 0 Å². The molecule has 0 aliphatic heterocycles. The molecule has 1 aromatic rings. The number of benzene rings is 1. The number of hydrogen-bond donors (Lipinski definition) is 1. The second-order valence-corrected chi connectivity index (χ2v) is 4.83. The first-order chi connectivity index (χ1) is 7.77. The molecule has 1 aliphatic carbocycles. The number of allylic oxidation sites excluding steroid dienone is 1. The van der Waals surface area contributed by atoms with Crippen molar-refractivity contribution in [2.75, 3.05) is 0 Å². The second kappa shape index (κ2) is 5.51. The van der Waals surface area contributed by atoms with E-state index in [1.807, 2.05) is 18.2 Å². The van der Waals surface area contributed by atoms with Crippen LogP contribution in [0.2, 0.25) is 5.02 Å². The second-order valence-electron chi connectivity index (χ2n) is 4.43. The van der Waals surface area contributed by atoms with Crippen LogP contribution in [0.5, 0.6) is 0 Å². The lowest BCUT2D eigenvalue weighted by molar-refractivity contribution is 0.630. The molecule has 0 saturated heterocycles. The first kappa shape index (κ1) is 11.7. The summed E-state index contributed by atoms with van der Waals surface area (Å²) in [6.45, 7) is 0. The number of nitrogens with two attached hydrogens (primary N) is 1. The Morgan fingerprint density at radius 2 is 2.06 bits per heavy atom. The van der Waals surface area contributed by atoms with Gasteiger partial charge in [-0.3, -0.25) is 0 Å². The molecule has 1 aromatic carbocycles. The van der Waals surface area contributed by atoms with Crippen molar-refractivity contribution in [3.8, 4) is 0 Å². The molecule has 0 spiro atoms. The molecule has 16 heavy (non-hydrogen) atoms. The quantitative estimate of drug-likeness (QED) is 0.795. The fourth-order valence-corrected chi connectivity index (χ4v) is 2.44. The molecule has 2 heteroatoms. The van der Waals surface area contributed by atoms with Crippen LogP contribution < -0.4 is 5.73 Å². The maximum absolute atomic E-state index is 6.22. The van der Waals surface area contributed by atoms with Gasteiger partial charge in [-0.1, -0.05) is 41.4 Å². The molecule has 2 rings (SSSR count). The van der Waals surface area contributed by atoms with Crippen molar-refractivity contribution < 1.29 is 0 Å². The highest BCUT2D eigenvalue weighted by atomic mass is 35.5. The van der Waals surface area contributed by atoms with Crippen LogP contribution in [0.25, 0.3) is 0 Å². The highest BCUT2D eigenvalue weighted by Crippen LogP contribution is 2.23. The van der Waals surface area contributed by atoms with Crippen molar-refractivity contribution in [2.24, 2.45) is 5.73 Å². The Morgan fingerprint density at radius 3 is 2.75 bits per heavy atom. The molecule has 2 N–H and O–H groups in total. The Labute approximate surface area is 102 Å². The van der Waals surface area contributed by atoms with E-state index in [0.717, 1.165) is 23.4 Å². The van der Waals surface area contributed by atoms with Crippen molar-refractivity contribution >= 4 is 11.6 Å². The van der Waals surface area contributed by atoms with E-state index in [4.69, 9.17) is 17.3 Å². The summed E-state index contributed by atoms with van der Waals surface area (Å²) in [5.74, 6) is 0. The van der Waals surface area contributed by atoms with E-state index in [0.29, 0.717) is 0 Å². The molecular weight excluding hydrogens is 218 g/mol. The molecule has 0 aromatic heterocycles. The Hall–Kier alpha value is -0.790. The first-order valence-corrected chi connectivity index (χ1v) is 6.33. The SMILES string of the molecule is NC(Cc1ccccc1Cl)C1=CCCCC1. The Morgan fingerprint density at radius 1 is 1.25 bits per heavy atom. The minimum absolute atomic E-state index is 0.139. The van der Waals surface area contributed by atoms with Gasteiger partial charge in [-0.15, -0.1) is 0 Å². The van der Waals surface area contributed by atoms with Gasteiger partial charge in [-0.25, -0.2) is 0 Å². The topological polar surface area (TPSA) is 26.0 Å². The van der Waals surface area contributed by atoms with Gasteiger partial charge < -0.3 is 5.73 Å². The van der Waals surface area contributed by atoms with Gasteiger partial charge in [0.1, 0.15) is 0 Å². The molecule has 0 radical (unpaired) electrons. The van der Waals surface area contributed by atoms with Gasteiger partial charge in [-0.2, -0.15) is 0 Å². The zero-order valence-corrected chi connectivity index (χ0v) is 10.2. The molecule has 0 heterocycles. The van der Waals surface area contributed by atoms with Gasteiger partial charge >= 0.3 is 0 Å². The zero-order chi connectivity index (χ0) is 11.4. The predicted molar refractivity (Wildman–Crippen MR) is 69.7 cm³/mol. The van der Waals surface area contributed by atoms with E-state index >= 15 is 0 Å². The van der Waals surface area contributed by atoms with E-state index in [9.17, 15) is 0 Å². The Balaban J connectivity index is 2.04. The average Bonchev–Trinajstić information content (AvgIpc) is 2.33. The summed E-state index contributed by atoms with van der Waals surface area (Å²) >= 11 is 6.13. The minimum Gasteiger partial charge on any atom is -0.324 e. The molecular formula is C14H18ClN. The number of rotatable bonds is 3. The van der Waals surface area contributed by atoms with Crippen molar-refractivity contribution in [3.63, 3.8) is 0 Å². The lowest BCUT2D eigenvalue weighted by Crippen LogP contribution is -2.26. The normalized spacial score (nSPS) is 18.0. The van der Waals surface area contributed by atoms with E-state index in [2.05, 4.69) is 12.1 Å². The number of hydrogen-bond acceptors (Lipinski definition) is 1. The van der Waals surface area contributed by atoms with Gasteiger partial charge in [0, 0.05) is 11.1 Å². The van der Waals surface area contributed by atoms with Crippen LogP contribution in [0.3, 0.4) is 0 Å². The molecule has 0 fully saturated rings. The van der Waals surface area contributed by atoms with Gasteiger partial charge in [0.05, 0.1) is 0 Å². The van der Waals surface area contributed by atoms with Crippen LogP contribution in [0.4, 0.5) is 0 Å². The smallest absolute Gasteiger partial charge is 0.0438 e. The van der Waals surface area contributed by atoms with Gasteiger partial charge in [-0.05, 0) is 43.7 Å². The van der Waals surface area contributed by atoms with Crippen LogP contribution >= 0.6 is 11.6 Å². The standard InChI is InChI=1S/C14H18ClN/c15-13-9-5-4-8-12(13)10-14(16)11-6-2-1-3-7-11/h4-6,8-9,14H,1-3,7,10,16H2.